The number of hydrogen-bond donors (Lipinski definition) is 2. The van der Waals surface area contributed by atoms with Gasteiger partial charge in [0.05, 0.1) is 12.7 Å². The largest absolute Gasteiger partial charge is 0.459 e. The summed E-state index contributed by atoms with van der Waals surface area (Å²) in [5, 5.41) is 10.6. The minimum atomic E-state index is -0.364. The molecule has 0 spiro atoms. The van der Waals surface area contributed by atoms with Gasteiger partial charge in [0.25, 0.3) is 11.7 Å². The van der Waals surface area contributed by atoms with Gasteiger partial charge in [-0.25, -0.2) is 9.50 Å². The molecule has 4 aromatic rings. The van der Waals surface area contributed by atoms with Crippen molar-refractivity contribution in [2.24, 2.45) is 0 Å². The van der Waals surface area contributed by atoms with Crippen LogP contribution in [0.1, 0.15) is 27.5 Å². The number of benzene rings is 1. The number of hydrogen-bond acceptors (Lipinski definition) is 7. The molecule has 0 radical (unpaired) electrons. The molecule has 0 saturated carbocycles. The van der Waals surface area contributed by atoms with E-state index in [1.165, 1.54) is 18.0 Å². The molecule has 0 bridgehead atoms. The SMILES string of the molecule is CSc1nc2nc(C)c(CC(=O)Nc3cccc(NC(=O)c4ccco4)c3)c(C)n2n1. The molecule has 3 heterocycles. The van der Waals surface area contributed by atoms with Gasteiger partial charge in [-0.05, 0) is 50.4 Å². The Balaban J connectivity index is 1.48. The van der Waals surface area contributed by atoms with E-state index < -0.39 is 0 Å². The van der Waals surface area contributed by atoms with Crippen molar-refractivity contribution in [2.45, 2.75) is 25.4 Å². The van der Waals surface area contributed by atoms with E-state index in [4.69, 9.17) is 4.42 Å². The lowest BCUT2D eigenvalue weighted by Crippen LogP contribution is -2.18. The Morgan fingerprint density at radius 2 is 1.87 bits per heavy atom. The molecule has 10 heteroatoms. The first-order chi connectivity index (χ1) is 14.9. The Morgan fingerprint density at radius 3 is 2.58 bits per heavy atom. The second kappa shape index (κ2) is 8.60. The molecule has 31 heavy (non-hydrogen) atoms. The Hall–Kier alpha value is -3.66. The summed E-state index contributed by atoms with van der Waals surface area (Å²) in [5.74, 6) is 0.160. The van der Waals surface area contributed by atoms with Crippen LogP contribution >= 0.6 is 11.8 Å². The van der Waals surface area contributed by atoms with Gasteiger partial charge in [0.15, 0.2) is 5.76 Å². The monoisotopic (exact) mass is 436 g/mol. The van der Waals surface area contributed by atoms with Gasteiger partial charge in [-0.2, -0.15) is 4.98 Å². The second-order valence-electron chi connectivity index (χ2n) is 6.81. The van der Waals surface area contributed by atoms with Crippen LogP contribution in [0.15, 0.2) is 52.2 Å². The summed E-state index contributed by atoms with van der Waals surface area (Å²) in [7, 11) is 0. The Labute approximate surface area is 182 Å². The Bertz CT molecular complexity index is 1270. The number of rotatable bonds is 6. The van der Waals surface area contributed by atoms with Gasteiger partial charge in [-0.3, -0.25) is 9.59 Å². The van der Waals surface area contributed by atoms with Crippen molar-refractivity contribution < 1.29 is 14.0 Å². The minimum Gasteiger partial charge on any atom is -0.459 e. The van der Waals surface area contributed by atoms with Crippen LogP contribution in [0.3, 0.4) is 0 Å². The molecule has 0 aliphatic rings. The predicted molar refractivity (Wildman–Crippen MR) is 117 cm³/mol. The summed E-state index contributed by atoms with van der Waals surface area (Å²) in [5.41, 5.74) is 3.47. The third-order valence-electron chi connectivity index (χ3n) is 4.70. The summed E-state index contributed by atoms with van der Waals surface area (Å²) in [4.78, 5) is 33.7. The van der Waals surface area contributed by atoms with E-state index in [0.717, 1.165) is 17.0 Å². The average Bonchev–Trinajstić information content (AvgIpc) is 3.41. The fourth-order valence-corrected chi connectivity index (χ4v) is 3.51. The fraction of sp³-hybridized carbons (Fsp3) is 0.190. The molecule has 2 N–H and O–H groups in total. The zero-order valence-corrected chi connectivity index (χ0v) is 18.0. The maximum Gasteiger partial charge on any atom is 0.291 e. The minimum absolute atomic E-state index is 0.137. The zero-order chi connectivity index (χ0) is 22.0. The van der Waals surface area contributed by atoms with Crippen LogP contribution in [0, 0.1) is 13.8 Å². The van der Waals surface area contributed by atoms with Crippen molar-refractivity contribution in [1.29, 1.82) is 0 Å². The highest BCUT2D eigenvalue weighted by atomic mass is 32.2. The number of carbonyl (C=O) groups is 2. The van der Waals surface area contributed by atoms with Crippen molar-refractivity contribution >= 4 is 40.7 Å². The Morgan fingerprint density at radius 1 is 1.10 bits per heavy atom. The average molecular weight is 436 g/mol. The molecule has 0 atom stereocenters. The predicted octanol–water partition coefficient (Wildman–Crippen LogP) is 3.49. The number of anilines is 2. The van der Waals surface area contributed by atoms with E-state index in [2.05, 4.69) is 25.7 Å². The lowest BCUT2D eigenvalue weighted by Gasteiger charge is -2.11. The van der Waals surface area contributed by atoms with Crippen LogP contribution < -0.4 is 10.6 Å². The fourth-order valence-electron chi connectivity index (χ4n) is 3.17. The normalized spacial score (nSPS) is 10.9. The summed E-state index contributed by atoms with van der Waals surface area (Å²) in [6, 6.07) is 10.1. The Kier molecular flexibility index (Phi) is 5.72. The number of nitrogens with zero attached hydrogens (tertiary/aromatic N) is 4. The topological polar surface area (TPSA) is 114 Å². The van der Waals surface area contributed by atoms with E-state index in [1.807, 2.05) is 20.1 Å². The molecular weight excluding hydrogens is 416 g/mol. The van der Waals surface area contributed by atoms with Gasteiger partial charge in [0.1, 0.15) is 0 Å². The van der Waals surface area contributed by atoms with Gasteiger partial charge in [-0.15, -0.1) is 5.10 Å². The van der Waals surface area contributed by atoms with E-state index in [9.17, 15) is 9.59 Å². The molecule has 9 nitrogen and oxygen atoms in total. The first-order valence-corrected chi connectivity index (χ1v) is 10.7. The van der Waals surface area contributed by atoms with Gasteiger partial charge in [0, 0.05) is 28.3 Å². The number of amides is 2. The highest BCUT2D eigenvalue weighted by Gasteiger charge is 2.16. The molecule has 0 fully saturated rings. The van der Waals surface area contributed by atoms with Crippen LogP contribution in [0.2, 0.25) is 0 Å². The maximum absolute atomic E-state index is 12.7. The van der Waals surface area contributed by atoms with Crippen LogP contribution in [-0.4, -0.2) is 37.7 Å². The molecule has 2 amide bonds. The molecule has 4 rings (SSSR count). The van der Waals surface area contributed by atoms with Gasteiger partial charge >= 0.3 is 0 Å². The number of nitrogens with one attached hydrogen (secondary N) is 2. The zero-order valence-electron chi connectivity index (χ0n) is 17.2. The summed E-state index contributed by atoms with van der Waals surface area (Å²) >= 11 is 1.44. The summed E-state index contributed by atoms with van der Waals surface area (Å²) in [6.07, 6.45) is 3.47. The number of furan rings is 1. The van der Waals surface area contributed by atoms with Gasteiger partial charge in [-0.1, -0.05) is 17.8 Å². The number of fused-ring (bicyclic) bond motifs is 1. The molecule has 0 aliphatic carbocycles. The first kappa shape index (κ1) is 20.6. The maximum atomic E-state index is 12.7. The van der Waals surface area contributed by atoms with Crippen molar-refractivity contribution in [2.75, 3.05) is 16.9 Å². The van der Waals surface area contributed by atoms with E-state index >= 15 is 0 Å². The highest BCUT2D eigenvalue weighted by Crippen LogP contribution is 2.19. The van der Waals surface area contributed by atoms with E-state index in [0.29, 0.717) is 22.3 Å². The highest BCUT2D eigenvalue weighted by molar-refractivity contribution is 7.98. The molecule has 3 aromatic heterocycles. The third kappa shape index (κ3) is 4.43. The van der Waals surface area contributed by atoms with E-state index in [-0.39, 0.29) is 24.0 Å². The second-order valence-corrected chi connectivity index (χ2v) is 7.58. The third-order valence-corrected chi connectivity index (χ3v) is 5.24. The lowest BCUT2D eigenvalue weighted by atomic mass is 10.1. The van der Waals surface area contributed by atoms with E-state index in [1.54, 1.807) is 40.9 Å². The van der Waals surface area contributed by atoms with Crippen LogP contribution in [0.4, 0.5) is 11.4 Å². The van der Waals surface area contributed by atoms with Crippen molar-refractivity contribution in [1.82, 2.24) is 19.6 Å². The standard InChI is InChI=1S/C21H20N6O3S/c1-12-16(13(2)27-20(22-12)25-21(26-27)31-3)11-18(28)23-14-6-4-7-15(10-14)24-19(29)17-8-5-9-30-17/h4-10H,11H2,1-3H3,(H,23,28)(H,24,29). The van der Waals surface area contributed by atoms with Crippen molar-refractivity contribution in [3.05, 3.63) is 65.4 Å². The van der Waals surface area contributed by atoms with Crippen LogP contribution in [-0.2, 0) is 11.2 Å². The van der Waals surface area contributed by atoms with Gasteiger partial charge in [0.2, 0.25) is 11.1 Å². The van der Waals surface area contributed by atoms with Crippen LogP contribution in [0.5, 0.6) is 0 Å². The summed E-state index contributed by atoms with van der Waals surface area (Å²) < 4.78 is 6.75. The van der Waals surface area contributed by atoms with Crippen LogP contribution in [0.25, 0.3) is 5.78 Å². The molecule has 1 aromatic carbocycles. The summed E-state index contributed by atoms with van der Waals surface area (Å²) in [6.45, 7) is 3.75. The molecular formula is C21H20N6O3S. The quantitative estimate of drug-likeness (QED) is 0.445. The number of thioether (sulfide) groups is 1. The molecule has 0 saturated heterocycles. The molecule has 0 unspecified atom stereocenters. The first-order valence-electron chi connectivity index (χ1n) is 9.46. The lowest BCUT2D eigenvalue weighted by molar-refractivity contribution is -0.115. The van der Waals surface area contributed by atoms with Gasteiger partial charge < -0.3 is 15.1 Å². The smallest absolute Gasteiger partial charge is 0.291 e. The van der Waals surface area contributed by atoms with Crippen molar-refractivity contribution in [3.8, 4) is 0 Å². The molecule has 0 aliphatic heterocycles. The molecule has 158 valence electrons. The number of carbonyl (C=O) groups excluding carboxylic acids is 2. The number of aryl methyl sites for hydroxylation is 2. The number of aromatic nitrogens is 4. The van der Waals surface area contributed by atoms with Crippen molar-refractivity contribution in [3.63, 3.8) is 0 Å².